The SMILES string of the molecule is CC(=O)Nc1ccc(C(=O)N2CCC(C(=O)N[C@H](Cc3c[nH]c4ccccc34)C(=O)N3C[C@H](CN(C)C)Cc4cc(Cl)ccc43)CC2)cc1. The number of para-hydroxylation sites is 1. The van der Waals surface area contributed by atoms with Gasteiger partial charge in [-0.1, -0.05) is 29.8 Å². The highest BCUT2D eigenvalue weighted by atomic mass is 35.5. The number of hydrogen-bond acceptors (Lipinski definition) is 5. The number of fused-ring (bicyclic) bond motifs is 2. The van der Waals surface area contributed by atoms with Crippen molar-refractivity contribution in [2.45, 2.75) is 38.6 Å². The van der Waals surface area contributed by atoms with Crippen molar-refractivity contribution in [3.8, 4) is 0 Å². The first kappa shape index (κ1) is 34.2. The van der Waals surface area contributed by atoms with Crippen LogP contribution in [0.1, 0.15) is 41.3 Å². The fourth-order valence-electron chi connectivity index (χ4n) is 7.19. The van der Waals surface area contributed by atoms with Crippen molar-refractivity contribution in [1.82, 2.24) is 20.1 Å². The zero-order valence-corrected chi connectivity index (χ0v) is 28.9. The third-order valence-electron chi connectivity index (χ3n) is 9.49. The highest BCUT2D eigenvalue weighted by Crippen LogP contribution is 2.33. The van der Waals surface area contributed by atoms with Crippen LogP contribution in [0, 0.1) is 11.8 Å². The van der Waals surface area contributed by atoms with Gasteiger partial charge in [-0.25, -0.2) is 0 Å². The number of halogens is 1. The summed E-state index contributed by atoms with van der Waals surface area (Å²) in [6, 6.07) is 19.6. The molecule has 0 spiro atoms. The lowest BCUT2D eigenvalue weighted by molar-refractivity contribution is -0.131. The van der Waals surface area contributed by atoms with Crippen molar-refractivity contribution >= 4 is 57.5 Å². The number of likely N-dealkylation sites (tertiary alicyclic amines) is 1. The highest BCUT2D eigenvalue weighted by molar-refractivity contribution is 6.30. The molecule has 1 saturated heterocycles. The predicted molar refractivity (Wildman–Crippen MR) is 193 cm³/mol. The molecule has 1 fully saturated rings. The average Bonchev–Trinajstić information content (AvgIpc) is 3.49. The Kier molecular flexibility index (Phi) is 10.4. The number of aromatic amines is 1. The van der Waals surface area contributed by atoms with Crippen LogP contribution < -0.4 is 15.5 Å². The van der Waals surface area contributed by atoms with E-state index in [0.29, 0.717) is 55.2 Å². The first-order valence-electron chi connectivity index (χ1n) is 16.8. The lowest BCUT2D eigenvalue weighted by Crippen LogP contribution is -2.54. The van der Waals surface area contributed by atoms with Gasteiger partial charge in [0, 0.05) is 84.5 Å². The molecule has 6 rings (SSSR count). The van der Waals surface area contributed by atoms with Gasteiger partial charge in [-0.05, 0) is 98.9 Å². The van der Waals surface area contributed by atoms with Gasteiger partial charge in [-0.15, -0.1) is 0 Å². The molecule has 2 aliphatic rings. The van der Waals surface area contributed by atoms with Gasteiger partial charge < -0.3 is 30.3 Å². The molecule has 0 aliphatic carbocycles. The number of amides is 4. The molecule has 2 atom stereocenters. The van der Waals surface area contributed by atoms with Crippen LogP contribution in [-0.2, 0) is 27.2 Å². The molecule has 1 aromatic heterocycles. The van der Waals surface area contributed by atoms with E-state index < -0.39 is 6.04 Å². The third-order valence-corrected chi connectivity index (χ3v) is 9.72. The Morgan fingerprint density at radius 2 is 1.73 bits per heavy atom. The molecule has 256 valence electrons. The van der Waals surface area contributed by atoms with E-state index in [9.17, 15) is 19.2 Å². The van der Waals surface area contributed by atoms with Crippen molar-refractivity contribution in [2.24, 2.45) is 11.8 Å². The minimum Gasteiger partial charge on any atom is -0.361 e. The summed E-state index contributed by atoms with van der Waals surface area (Å²) in [5.41, 5.74) is 4.94. The van der Waals surface area contributed by atoms with Crippen molar-refractivity contribution in [1.29, 1.82) is 0 Å². The molecule has 49 heavy (non-hydrogen) atoms. The largest absolute Gasteiger partial charge is 0.361 e. The summed E-state index contributed by atoms with van der Waals surface area (Å²) in [7, 11) is 4.06. The minimum absolute atomic E-state index is 0.114. The second-order valence-electron chi connectivity index (χ2n) is 13.5. The average molecular weight is 683 g/mol. The summed E-state index contributed by atoms with van der Waals surface area (Å²) in [5.74, 6) is -0.749. The van der Waals surface area contributed by atoms with E-state index in [4.69, 9.17) is 11.6 Å². The van der Waals surface area contributed by atoms with E-state index in [0.717, 1.165) is 40.7 Å². The number of nitrogens with one attached hydrogen (secondary N) is 3. The fourth-order valence-corrected chi connectivity index (χ4v) is 7.38. The molecule has 3 heterocycles. The number of hydrogen-bond donors (Lipinski definition) is 3. The van der Waals surface area contributed by atoms with Crippen molar-refractivity contribution < 1.29 is 19.2 Å². The number of H-pyrrole nitrogens is 1. The highest BCUT2D eigenvalue weighted by Gasteiger charge is 2.36. The summed E-state index contributed by atoms with van der Waals surface area (Å²) < 4.78 is 0. The lowest BCUT2D eigenvalue weighted by Gasteiger charge is -2.38. The van der Waals surface area contributed by atoms with Crippen LogP contribution in [0.15, 0.2) is 72.9 Å². The van der Waals surface area contributed by atoms with E-state index in [2.05, 4.69) is 20.5 Å². The minimum atomic E-state index is -0.796. The fraction of sp³-hybridized carbons (Fsp3) is 0.368. The normalized spacial score (nSPS) is 17.1. The molecule has 2 aliphatic heterocycles. The van der Waals surface area contributed by atoms with Crippen LogP contribution in [0.4, 0.5) is 11.4 Å². The Morgan fingerprint density at radius 1 is 1.00 bits per heavy atom. The Hall–Kier alpha value is -4.67. The number of piperidine rings is 1. The zero-order valence-electron chi connectivity index (χ0n) is 28.2. The van der Waals surface area contributed by atoms with E-state index in [1.165, 1.54) is 6.92 Å². The van der Waals surface area contributed by atoms with Crippen molar-refractivity contribution in [2.75, 3.05) is 50.5 Å². The molecule has 0 radical (unpaired) electrons. The molecule has 3 aromatic carbocycles. The van der Waals surface area contributed by atoms with Crippen LogP contribution in [0.2, 0.25) is 5.02 Å². The Bertz CT molecular complexity index is 1850. The molecule has 11 heteroatoms. The van der Waals surface area contributed by atoms with E-state index >= 15 is 0 Å². The van der Waals surface area contributed by atoms with Crippen LogP contribution >= 0.6 is 11.6 Å². The van der Waals surface area contributed by atoms with Gasteiger partial charge in [0.2, 0.25) is 17.7 Å². The van der Waals surface area contributed by atoms with Gasteiger partial charge in [-0.2, -0.15) is 0 Å². The Morgan fingerprint density at radius 3 is 2.45 bits per heavy atom. The number of rotatable bonds is 9. The molecule has 3 N–H and O–H groups in total. The maximum Gasteiger partial charge on any atom is 0.253 e. The van der Waals surface area contributed by atoms with Gasteiger partial charge in [0.25, 0.3) is 5.91 Å². The molecule has 4 aromatic rings. The molecule has 0 saturated carbocycles. The van der Waals surface area contributed by atoms with Crippen molar-refractivity contribution in [3.05, 3.63) is 94.6 Å². The second-order valence-corrected chi connectivity index (χ2v) is 13.9. The lowest BCUT2D eigenvalue weighted by atomic mass is 9.90. The van der Waals surface area contributed by atoms with E-state index in [1.54, 1.807) is 29.2 Å². The van der Waals surface area contributed by atoms with Gasteiger partial charge in [0.1, 0.15) is 6.04 Å². The molecule has 0 bridgehead atoms. The Labute approximate surface area is 291 Å². The van der Waals surface area contributed by atoms with Crippen LogP contribution in [-0.4, -0.2) is 84.7 Å². The summed E-state index contributed by atoms with van der Waals surface area (Å²) in [4.78, 5) is 62.1. The monoisotopic (exact) mass is 682 g/mol. The van der Waals surface area contributed by atoms with Crippen LogP contribution in [0.3, 0.4) is 0 Å². The maximum atomic E-state index is 14.6. The summed E-state index contributed by atoms with van der Waals surface area (Å²) >= 11 is 6.40. The molecule has 10 nitrogen and oxygen atoms in total. The summed E-state index contributed by atoms with van der Waals surface area (Å²) in [6.07, 6.45) is 4.05. The number of carbonyl (C=O) groups is 4. The summed E-state index contributed by atoms with van der Waals surface area (Å²) in [6.45, 7) is 3.64. The first-order chi connectivity index (χ1) is 23.5. The molecular formula is C38H43ClN6O4. The van der Waals surface area contributed by atoms with E-state index in [-0.39, 0.29) is 35.5 Å². The van der Waals surface area contributed by atoms with Crippen LogP contribution in [0.5, 0.6) is 0 Å². The van der Waals surface area contributed by atoms with Gasteiger partial charge >= 0.3 is 0 Å². The zero-order chi connectivity index (χ0) is 34.7. The number of carbonyl (C=O) groups excluding carboxylic acids is 4. The second kappa shape index (κ2) is 14.8. The number of benzene rings is 3. The quantitative estimate of drug-likeness (QED) is 0.227. The topological polar surface area (TPSA) is 118 Å². The molecule has 0 unspecified atom stereocenters. The van der Waals surface area contributed by atoms with Gasteiger partial charge in [0.05, 0.1) is 0 Å². The third kappa shape index (κ3) is 7.98. The first-order valence-corrected chi connectivity index (χ1v) is 17.2. The van der Waals surface area contributed by atoms with Crippen molar-refractivity contribution in [3.63, 3.8) is 0 Å². The maximum absolute atomic E-state index is 14.6. The standard InChI is InChI=1S/C38H43ClN6O4/c1-24(46)41-31-11-8-27(9-12-31)37(48)44-16-14-26(15-17-44)36(47)42-34(20-29-21-40-33-7-5-4-6-32(29)33)38(49)45-23-25(22-43(2)3)18-28-19-30(39)10-13-35(28)45/h4-13,19,21,25-26,34,40H,14-18,20,22-23H2,1-3H3,(H,41,46)(H,42,47)/t25-,34+/m0/s1. The van der Waals surface area contributed by atoms with E-state index in [1.807, 2.05) is 67.7 Å². The predicted octanol–water partition coefficient (Wildman–Crippen LogP) is 5.13. The van der Waals surface area contributed by atoms with Gasteiger partial charge in [-0.3, -0.25) is 19.2 Å². The number of nitrogens with zero attached hydrogens (tertiary/aromatic N) is 3. The van der Waals surface area contributed by atoms with Gasteiger partial charge in [0.15, 0.2) is 0 Å². The Balaban J connectivity index is 1.19. The summed E-state index contributed by atoms with van der Waals surface area (Å²) in [5, 5.41) is 7.52. The number of aromatic nitrogens is 1. The molecule has 4 amide bonds. The van der Waals surface area contributed by atoms with Crippen LogP contribution in [0.25, 0.3) is 10.9 Å². The number of anilines is 2. The smallest absolute Gasteiger partial charge is 0.253 e. The molecular weight excluding hydrogens is 640 g/mol.